The lowest BCUT2D eigenvalue weighted by atomic mass is 10.0. The number of carbonyl (C=O) groups is 1. The number of rotatable bonds is 9. The lowest BCUT2D eigenvalue weighted by Crippen LogP contribution is -2.47. The van der Waals surface area contributed by atoms with Crippen molar-refractivity contribution in [1.82, 2.24) is 9.80 Å². The second-order valence-electron chi connectivity index (χ2n) is 10.4. The summed E-state index contributed by atoms with van der Waals surface area (Å²) in [5.74, 6) is 1.20. The number of aliphatic hydroxyl groups is 1. The minimum Gasteiger partial charge on any atom is -0.488 e. The van der Waals surface area contributed by atoms with Gasteiger partial charge in [-0.3, -0.25) is 9.52 Å². The fourth-order valence-electron chi connectivity index (χ4n) is 4.66. The molecule has 8 nitrogen and oxygen atoms in total. The van der Waals surface area contributed by atoms with Gasteiger partial charge in [0.2, 0.25) is 5.91 Å². The van der Waals surface area contributed by atoms with Gasteiger partial charge in [-0.2, -0.15) is 0 Å². The van der Waals surface area contributed by atoms with Gasteiger partial charge in [0.15, 0.2) is 0 Å². The van der Waals surface area contributed by atoms with E-state index in [0.29, 0.717) is 35.1 Å². The second kappa shape index (κ2) is 11.6. The van der Waals surface area contributed by atoms with Gasteiger partial charge in [0.05, 0.1) is 24.0 Å². The molecule has 0 bridgehead atoms. The van der Waals surface area contributed by atoms with E-state index in [1.807, 2.05) is 6.92 Å². The lowest BCUT2D eigenvalue weighted by molar-refractivity contribution is -0.134. The van der Waals surface area contributed by atoms with Crippen LogP contribution in [0.2, 0.25) is 5.02 Å². The summed E-state index contributed by atoms with van der Waals surface area (Å²) in [5, 5.41) is 10.3. The molecular formula is C27H36ClN3O5S. The summed E-state index contributed by atoms with van der Waals surface area (Å²) >= 11 is 5.90. The summed E-state index contributed by atoms with van der Waals surface area (Å²) in [6.07, 6.45) is 2.38. The predicted octanol–water partition coefficient (Wildman–Crippen LogP) is 3.63. The summed E-state index contributed by atoms with van der Waals surface area (Å²) in [6, 6.07) is 10.6. The van der Waals surface area contributed by atoms with Crippen LogP contribution in [0.4, 0.5) is 5.69 Å². The normalized spacial score (nSPS) is 21.5. The summed E-state index contributed by atoms with van der Waals surface area (Å²) in [5.41, 5.74) is 0.932. The van der Waals surface area contributed by atoms with Gasteiger partial charge in [0.25, 0.3) is 10.0 Å². The Balaban J connectivity index is 1.63. The highest BCUT2D eigenvalue weighted by Gasteiger charge is 2.32. The van der Waals surface area contributed by atoms with E-state index in [-0.39, 0.29) is 41.9 Å². The molecule has 0 saturated heterocycles. The molecule has 1 aliphatic carbocycles. The fourth-order valence-corrected chi connectivity index (χ4v) is 5.84. The van der Waals surface area contributed by atoms with Crippen LogP contribution < -0.4 is 9.46 Å². The molecule has 1 fully saturated rings. The zero-order valence-electron chi connectivity index (χ0n) is 21.6. The molecule has 2 aromatic carbocycles. The van der Waals surface area contributed by atoms with Crippen LogP contribution in [0.1, 0.15) is 32.3 Å². The van der Waals surface area contributed by atoms with Crippen LogP contribution in [-0.2, 0) is 21.2 Å². The summed E-state index contributed by atoms with van der Waals surface area (Å²) in [7, 11) is -1.75. The van der Waals surface area contributed by atoms with E-state index in [1.54, 1.807) is 23.1 Å². The van der Waals surface area contributed by atoms with Crippen LogP contribution in [-0.4, -0.2) is 74.7 Å². The molecule has 1 heterocycles. The molecule has 2 N–H and O–H groups in total. The predicted molar refractivity (Wildman–Crippen MR) is 144 cm³/mol. The van der Waals surface area contributed by atoms with Crippen molar-refractivity contribution in [3.05, 3.63) is 53.1 Å². The van der Waals surface area contributed by atoms with E-state index in [1.165, 1.54) is 37.1 Å². The number of nitrogens with zero attached hydrogens (tertiary/aromatic N) is 2. The Morgan fingerprint density at radius 1 is 1.19 bits per heavy atom. The number of carbonyl (C=O) groups excluding carboxylic acids is 1. The highest BCUT2D eigenvalue weighted by molar-refractivity contribution is 7.92. The van der Waals surface area contributed by atoms with Gasteiger partial charge in [0, 0.05) is 41.8 Å². The highest BCUT2D eigenvalue weighted by Crippen LogP contribution is 2.32. The quantitative estimate of drug-likeness (QED) is 0.495. The van der Waals surface area contributed by atoms with Crippen molar-refractivity contribution in [1.29, 1.82) is 0 Å². The van der Waals surface area contributed by atoms with Crippen molar-refractivity contribution in [2.75, 3.05) is 38.0 Å². The van der Waals surface area contributed by atoms with Gasteiger partial charge < -0.3 is 19.6 Å². The van der Waals surface area contributed by atoms with E-state index < -0.39 is 10.0 Å². The van der Waals surface area contributed by atoms with Gasteiger partial charge in [-0.25, -0.2) is 8.42 Å². The lowest BCUT2D eigenvalue weighted by Gasteiger charge is -2.34. The number of halogens is 1. The number of likely N-dealkylation sites (N-methyl/N-ethyl adjacent to an activating group) is 1. The molecule has 0 spiro atoms. The van der Waals surface area contributed by atoms with Crippen LogP contribution >= 0.6 is 11.6 Å². The molecule has 3 atom stereocenters. The number of hydrogen-bond donors (Lipinski definition) is 2. The van der Waals surface area contributed by atoms with Crippen LogP contribution in [0, 0.1) is 11.8 Å². The minimum absolute atomic E-state index is 0.0219. The zero-order valence-corrected chi connectivity index (χ0v) is 23.1. The Labute approximate surface area is 224 Å². The second-order valence-corrected chi connectivity index (χ2v) is 12.6. The molecule has 0 radical (unpaired) electrons. The number of sulfonamides is 1. The Kier molecular flexibility index (Phi) is 8.68. The van der Waals surface area contributed by atoms with Crippen molar-refractivity contribution < 1.29 is 23.1 Å². The van der Waals surface area contributed by atoms with Crippen molar-refractivity contribution in [3.8, 4) is 5.75 Å². The number of amides is 1. The number of aliphatic hydroxyl groups excluding tert-OH is 1. The first-order valence-electron chi connectivity index (χ1n) is 12.7. The van der Waals surface area contributed by atoms with E-state index in [9.17, 15) is 18.3 Å². The maximum atomic E-state index is 13.4. The first-order valence-corrected chi connectivity index (χ1v) is 14.6. The smallest absolute Gasteiger partial charge is 0.261 e. The van der Waals surface area contributed by atoms with Crippen LogP contribution in [0.15, 0.2) is 47.4 Å². The maximum Gasteiger partial charge on any atom is 0.261 e. The molecule has 4 rings (SSSR count). The molecule has 1 aliphatic heterocycles. The summed E-state index contributed by atoms with van der Waals surface area (Å²) in [4.78, 5) is 17.4. The van der Waals surface area contributed by atoms with E-state index in [4.69, 9.17) is 16.3 Å². The molecule has 10 heteroatoms. The molecule has 2 aromatic rings. The van der Waals surface area contributed by atoms with Crippen LogP contribution in [0.5, 0.6) is 5.75 Å². The van der Waals surface area contributed by atoms with Crippen molar-refractivity contribution in [3.63, 3.8) is 0 Å². The van der Waals surface area contributed by atoms with Gasteiger partial charge in [-0.15, -0.1) is 0 Å². The molecule has 0 unspecified atom stereocenters. The molecule has 0 aromatic heterocycles. The molecule has 202 valence electrons. The number of ether oxygens (including phenoxy) is 1. The number of hydrogen-bond acceptors (Lipinski definition) is 6. The number of anilines is 1. The van der Waals surface area contributed by atoms with Gasteiger partial charge in [-0.1, -0.05) is 18.5 Å². The molecule has 1 saturated carbocycles. The Morgan fingerprint density at radius 2 is 1.89 bits per heavy atom. The molecular weight excluding hydrogens is 514 g/mol. The standard InChI is InChI=1S/C27H36ClN3O5S/c1-18-14-31(19(2)17-32)27(33)13-21-12-23(29-37(34,35)24-9-6-22(28)7-10-24)8-11-25(21)36-26(18)16-30(3)15-20-4-5-20/h6-12,18-20,26,29,32H,4-5,13-17H2,1-3H3/t18-,19+,26-/m1/s1. The van der Waals surface area contributed by atoms with Crippen LogP contribution in [0.25, 0.3) is 0 Å². The minimum atomic E-state index is -3.85. The van der Waals surface area contributed by atoms with E-state index in [2.05, 4.69) is 23.6 Å². The average molecular weight is 550 g/mol. The van der Waals surface area contributed by atoms with E-state index >= 15 is 0 Å². The third-order valence-corrected chi connectivity index (χ3v) is 8.70. The maximum absolute atomic E-state index is 13.4. The monoisotopic (exact) mass is 549 g/mol. The first kappa shape index (κ1) is 27.7. The number of benzene rings is 2. The average Bonchev–Trinajstić information content (AvgIpc) is 3.65. The largest absolute Gasteiger partial charge is 0.488 e. The van der Waals surface area contributed by atoms with Gasteiger partial charge in [0.1, 0.15) is 11.9 Å². The topological polar surface area (TPSA) is 99.2 Å². The van der Waals surface area contributed by atoms with Crippen molar-refractivity contribution >= 4 is 33.2 Å². The molecule has 37 heavy (non-hydrogen) atoms. The number of nitrogens with one attached hydrogen (secondary N) is 1. The summed E-state index contributed by atoms with van der Waals surface area (Å²) in [6.45, 7) is 5.94. The van der Waals surface area contributed by atoms with Crippen molar-refractivity contribution in [2.24, 2.45) is 11.8 Å². The SMILES string of the molecule is C[C@@H]1CN([C@@H](C)CO)C(=O)Cc2cc(NS(=O)(=O)c3ccc(Cl)cc3)ccc2O[C@@H]1CN(C)CC1CC1. The highest BCUT2D eigenvalue weighted by atomic mass is 35.5. The van der Waals surface area contributed by atoms with E-state index in [0.717, 1.165) is 12.5 Å². The van der Waals surface area contributed by atoms with Crippen LogP contribution in [0.3, 0.4) is 0 Å². The first-order chi connectivity index (χ1) is 17.6. The van der Waals surface area contributed by atoms with Gasteiger partial charge >= 0.3 is 0 Å². The zero-order chi connectivity index (χ0) is 26.7. The third-order valence-electron chi connectivity index (χ3n) is 7.05. The Bertz CT molecular complexity index is 1200. The Morgan fingerprint density at radius 3 is 2.54 bits per heavy atom. The molecule has 1 amide bonds. The third kappa shape index (κ3) is 7.16. The van der Waals surface area contributed by atoms with Gasteiger partial charge in [-0.05, 0) is 75.2 Å². The molecule has 2 aliphatic rings. The Hall–Kier alpha value is -2.33. The summed E-state index contributed by atoms with van der Waals surface area (Å²) < 4.78 is 35.0. The van der Waals surface area contributed by atoms with Crippen molar-refractivity contribution in [2.45, 2.75) is 50.2 Å². The fraction of sp³-hybridized carbons (Fsp3) is 0.519. The number of fused-ring (bicyclic) bond motifs is 1.